The lowest BCUT2D eigenvalue weighted by Crippen LogP contribution is -2.59. The van der Waals surface area contributed by atoms with Crippen LogP contribution >= 0.6 is 0 Å². The third kappa shape index (κ3) is 7.54. The molecular formula is C32H40O11. The predicted molar refractivity (Wildman–Crippen MR) is 154 cm³/mol. The molecule has 1 heterocycles. The van der Waals surface area contributed by atoms with Crippen LogP contribution in [0.5, 0.6) is 11.5 Å². The molecule has 2 aromatic carbocycles. The quantitative estimate of drug-likeness (QED) is 0.199. The Labute approximate surface area is 250 Å². The molecule has 2 aromatic rings. The van der Waals surface area contributed by atoms with Crippen LogP contribution < -0.4 is 4.74 Å². The standard InChI is InChI=1S/C32H40O11/c1-17-28(37)29(42-18(2)35)30(32(39)41-17)43-31(38)23(12-20-5-9-26(36)27(14-20)40-3)15-25-22(16-34)8-7-21-6-4-19(10-11-33)13-24(21)25/h4-6,9,12-14,17,22,25,28-30,32-34,36-37,39H,7-8,10-11,15-16H2,1-3H3/b23-12+/t17-,22+,25+,28-,29+,30+,32+/m0/s1. The van der Waals surface area contributed by atoms with Gasteiger partial charge in [-0.2, -0.15) is 0 Å². The Balaban J connectivity index is 1.74. The number of hydrogen-bond donors (Lipinski definition) is 5. The molecule has 11 nitrogen and oxygen atoms in total. The van der Waals surface area contributed by atoms with E-state index in [0.29, 0.717) is 18.4 Å². The highest BCUT2D eigenvalue weighted by molar-refractivity contribution is 5.94. The molecule has 0 spiro atoms. The van der Waals surface area contributed by atoms with Gasteiger partial charge in [-0.25, -0.2) is 4.79 Å². The number of ether oxygens (including phenoxy) is 4. The zero-order valence-corrected chi connectivity index (χ0v) is 24.5. The first-order chi connectivity index (χ1) is 20.6. The van der Waals surface area contributed by atoms with Gasteiger partial charge in [0.1, 0.15) is 6.10 Å². The SMILES string of the molecule is COc1cc(/C=C(\C[C@H]2c3cc(CCO)ccc3CC[C@@H]2CO)C(=O)O[C@@H]2[C@H](OC(C)=O)[C@@H](O)[C@H](C)O[C@H]2O)ccc1O. The largest absolute Gasteiger partial charge is 0.504 e. The molecule has 7 atom stereocenters. The smallest absolute Gasteiger partial charge is 0.334 e. The average Bonchev–Trinajstić information content (AvgIpc) is 2.98. The predicted octanol–water partition coefficient (Wildman–Crippen LogP) is 1.99. The number of carbonyl (C=O) groups excluding carboxylic acids is 2. The molecule has 1 aliphatic heterocycles. The van der Waals surface area contributed by atoms with Crippen LogP contribution in [0.25, 0.3) is 6.08 Å². The van der Waals surface area contributed by atoms with Gasteiger partial charge in [0.2, 0.25) is 0 Å². The zero-order valence-electron chi connectivity index (χ0n) is 24.5. The molecule has 0 bridgehead atoms. The van der Waals surface area contributed by atoms with Crippen LogP contribution in [0, 0.1) is 5.92 Å². The summed E-state index contributed by atoms with van der Waals surface area (Å²) in [4.78, 5) is 25.7. The molecule has 4 rings (SSSR count). The third-order valence-corrected chi connectivity index (χ3v) is 8.17. The van der Waals surface area contributed by atoms with Gasteiger partial charge in [-0.1, -0.05) is 24.3 Å². The van der Waals surface area contributed by atoms with Crippen molar-refractivity contribution in [2.75, 3.05) is 20.3 Å². The molecule has 0 unspecified atom stereocenters. The summed E-state index contributed by atoms with van der Waals surface area (Å²) in [6, 6.07) is 10.5. The highest BCUT2D eigenvalue weighted by atomic mass is 16.7. The minimum absolute atomic E-state index is 0.0210. The van der Waals surface area contributed by atoms with E-state index in [4.69, 9.17) is 18.9 Å². The van der Waals surface area contributed by atoms with E-state index < -0.39 is 42.6 Å². The molecule has 2 aliphatic rings. The highest BCUT2D eigenvalue weighted by Gasteiger charge is 2.48. The number of phenols is 1. The van der Waals surface area contributed by atoms with Crippen molar-refractivity contribution in [1.29, 1.82) is 0 Å². The van der Waals surface area contributed by atoms with Crippen LogP contribution in [-0.4, -0.2) is 88.5 Å². The maximum Gasteiger partial charge on any atom is 0.334 e. The molecule has 5 N–H and O–H groups in total. The fourth-order valence-corrected chi connectivity index (χ4v) is 5.87. The van der Waals surface area contributed by atoms with Gasteiger partial charge in [-0.3, -0.25) is 4.79 Å². The van der Waals surface area contributed by atoms with E-state index in [-0.39, 0.29) is 48.5 Å². The molecule has 43 heavy (non-hydrogen) atoms. The third-order valence-electron chi connectivity index (χ3n) is 8.17. The van der Waals surface area contributed by atoms with Gasteiger partial charge in [0, 0.05) is 25.7 Å². The summed E-state index contributed by atoms with van der Waals surface area (Å²) in [6.07, 6.45) is -3.25. The minimum Gasteiger partial charge on any atom is -0.504 e. The van der Waals surface area contributed by atoms with Crippen molar-refractivity contribution in [3.63, 3.8) is 0 Å². The van der Waals surface area contributed by atoms with Gasteiger partial charge >= 0.3 is 11.9 Å². The lowest BCUT2D eigenvalue weighted by atomic mass is 9.72. The van der Waals surface area contributed by atoms with Crippen LogP contribution in [0.3, 0.4) is 0 Å². The molecule has 0 aromatic heterocycles. The van der Waals surface area contributed by atoms with E-state index in [1.807, 2.05) is 18.2 Å². The second-order valence-corrected chi connectivity index (χ2v) is 11.1. The fourth-order valence-electron chi connectivity index (χ4n) is 5.87. The fraction of sp³-hybridized carbons (Fsp3) is 0.500. The van der Waals surface area contributed by atoms with Crippen molar-refractivity contribution in [2.45, 2.75) is 76.2 Å². The van der Waals surface area contributed by atoms with Gasteiger partial charge in [-0.05, 0) is 84.9 Å². The number of carbonyl (C=O) groups is 2. The Morgan fingerprint density at radius 3 is 2.51 bits per heavy atom. The van der Waals surface area contributed by atoms with Gasteiger partial charge < -0.3 is 44.5 Å². The van der Waals surface area contributed by atoms with Gasteiger partial charge in [-0.15, -0.1) is 0 Å². The number of aryl methyl sites for hydroxylation is 1. The summed E-state index contributed by atoms with van der Waals surface area (Å²) >= 11 is 0. The Morgan fingerprint density at radius 1 is 1.07 bits per heavy atom. The first kappa shape index (κ1) is 32.4. The molecule has 1 aliphatic carbocycles. The van der Waals surface area contributed by atoms with Crippen molar-refractivity contribution < 1.29 is 54.1 Å². The lowest BCUT2D eigenvalue weighted by molar-refractivity contribution is -0.285. The summed E-state index contributed by atoms with van der Waals surface area (Å²) in [5, 5.41) is 51.2. The van der Waals surface area contributed by atoms with Crippen LogP contribution in [0.1, 0.15) is 54.9 Å². The first-order valence-electron chi connectivity index (χ1n) is 14.4. The van der Waals surface area contributed by atoms with E-state index in [2.05, 4.69) is 0 Å². The van der Waals surface area contributed by atoms with Crippen LogP contribution in [0.15, 0.2) is 42.0 Å². The molecule has 11 heteroatoms. The number of aromatic hydroxyl groups is 1. The second kappa shape index (κ2) is 14.3. The lowest BCUT2D eigenvalue weighted by Gasteiger charge is -2.40. The summed E-state index contributed by atoms with van der Waals surface area (Å²) in [5.41, 5.74) is 3.65. The number of benzene rings is 2. The van der Waals surface area contributed by atoms with Crippen molar-refractivity contribution in [1.82, 2.24) is 0 Å². The van der Waals surface area contributed by atoms with E-state index >= 15 is 0 Å². The monoisotopic (exact) mass is 600 g/mol. The molecule has 1 fully saturated rings. The molecule has 0 saturated carbocycles. The van der Waals surface area contributed by atoms with Crippen LogP contribution in [0.2, 0.25) is 0 Å². The van der Waals surface area contributed by atoms with Crippen LogP contribution in [-0.2, 0) is 36.6 Å². The first-order valence-corrected chi connectivity index (χ1v) is 14.4. The van der Waals surface area contributed by atoms with E-state index in [0.717, 1.165) is 30.0 Å². The highest BCUT2D eigenvalue weighted by Crippen LogP contribution is 2.42. The number of rotatable bonds is 10. The molecule has 0 amide bonds. The zero-order chi connectivity index (χ0) is 31.3. The van der Waals surface area contributed by atoms with Crippen molar-refractivity contribution >= 4 is 18.0 Å². The second-order valence-electron chi connectivity index (χ2n) is 11.1. The van der Waals surface area contributed by atoms with E-state index in [1.165, 1.54) is 20.1 Å². The Morgan fingerprint density at radius 2 is 1.84 bits per heavy atom. The number of methoxy groups -OCH3 is 1. The number of esters is 2. The van der Waals surface area contributed by atoms with Crippen LogP contribution in [0.4, 0.5) is 0 Å². The number of phenolic OH excluding ortho intramolecular Hbond substituents is 1. The average molecular weight is 601 g/mol. The topological polar surface area (TPSA) is 172 Å². The van der Waals surface area contributed by atoms with Gasteiger partial charge in [0.15, 0.2) is 30.0 Å². The van der Waals surface area contributed by atoms with Crippen molar-refractivity contribution in [3.8, 4) is 11.5 Å². The van der Waals surface area contributed by atoms with E-state index in [1.54, 1.807) is 18.2 Å². The van der Waals surface area contributed by atoms with Crippen molar-refractivity contribution in [3.05, 3.63) is 64.2 Å². The maximum absolute atomic E-state index is 13.9. The van der Waals surface area contributed by atoms with Gasteiger partial charge in [0.05, 0.1) is 13.2 Å². The summed E-state index contributed by atoms with van der Waals surface area (Å²) in [6.45, 7) is 2.50. The van der Waals surface area contributed by atoms with Crippen molar-refractivity contribution in [2.24, 2.45) is 5.92 Å². The maximum atomic E-state index is 13.9. The molecular weight excluding hydrogens is 560 g/mol. The number of aliphatic hydroxyl groups excluding tert-OH is 4. The summed E-state index contributed by atoms with van der Waals surface area (Å²) in [5.74, 6) is -1.96. The number of hydrogen-bond acceptors (Lipinski definition) is 11. The molecule has 1 saturated heterocycles. The summed E-state index contributed by atoms with van der Waals surface area (Å²) < 4.78 is 21.5. The van der Waals surface area contributed by atoms with E-state index in [9.17, 15) is 35.1 Å². The number of aliphatic hydroxyl groups is 4. The molecule has 234 valence electrons. The van der Waals surface area contributed by atoms with Gasteiger partial charge in [0.25, 0.3) is 0 Å². The Bertz CT molecular complexity index is 1320. The number of fused-ring (bicyclic) bond motifs is 1. The minimum atomic E-state index is -1.68. The Hall–Kier alpha value is -3.48. The molecule has 0 radical (unpaired) electrons. The normalized spacial score (nSPS) is 27.2. The Kier molecular flexibility index (Phi) is 10.8. The summed E-state index contributed by atoms with van der Waals surface area (Å²) in [7, 11) is 1.40.